The molecule has 1 rings (SSSR count). The van der Waals surface area contributed by atoms with Crippen molar-refractivity contribution in [1.29, 1.82) is 0 Å². The highest BCUT2D eigenvalue weighted by molar-refractivity contribution is 7.85. The molecule has 1 aliphatic rings. The van der Waals surface area contributed by atoms with Crippen LogP contribution in [0.1, 0.15) is 6.42 Å². The van der Waals surface area contributed by atoms with Gasteiger partial charge in [-0.25, -0.2) is 0 Å². The molecule has 0 aliphatic carbocycles. The number of hydrogen-bond donors (Lipinski definition) is 2. The van der Waals surface area contributed by atoms with Crippen molar-refractivity contribution in [3.05, 3.63) is 0 Å². The molecule has 0 aromatic rings. The maximum atomic E-state index is 10.5. The fourth-order valence-electron chi connectivity index (χ4n) is 1.85. The van der Waals surface area contributed by atoms with E-state index < -0.39 is 10.1 Å². The SMILES string of the molecule is O.O=S(=O)(O)CCCN1CCN(CCO)CC1. The smallest absolute Gasteiger partial charge is 0.264 e. The minimum absolute atomic E-state index is 0. The molecule has 7 nitrogen and oxygen atoms in total. The van der Waals surface area contributed by atoms with Crippen molar-refractivity contribution in [1.82, 2.24) is 9.80 Å². The molecule has 1 heterocycles. The van der Waals surface area contributed by atoms with Gasteiger partial charge in [-0.15, -0.1) is 0 Å². The molecular weight excluding hydrogens is 248 g/mol. The van der Waals surface area contributed by atoms with Crippen molar-refractivity contribution < 1.29 is 23.6 Å². The zero-order chi connectivity index (χ0) is 12.0. The van der Waals surface area contributed by atoms with Gasteiger partial charge in [0.25, 0.3) is 10.1 Å². The molecule has 0 aromatic heterocycles. The Kier molecular flexibility index (Phi) is 7.84. The number of β-amino-alcohol motifs (C(OH)–C–C–N with tert-alkyl or cyclic N) is 1. The highest BCUT2D eigenvalue weighted by Crippen LogP contribution is 2.02. The Hall–Kier alpha value is -0.250. The predicted octanol–water partition coefficient (Wildman–Crippen LogP) is -1.95. The Labute approximate surface area is 102 Å². The first-order valence-corrected chi connectivity index (χ1v) is 7.13. The van der Waals surface area contributed by atoms with Crippen molar-refractivity contribution in [2.45, 2.75) is 6.42 Å². The van der Waals surface area contributed by atoms with Crippen molar-refractivity contribution >= 4 is 10.1 Å². The fourth-order valence-corrected chi connectivity index (χ4v) is 2.34. The molecule has 4 N–H and O–H groups in total. The predicted molar refractivity (Wildman–Crippen MR) is 64.6 cm³/mol. The maximum absolute atomic E-state index is 10.5. The minimum atomic E-state index is -3.81. The monoisotopic (exact) mass is 270 g/mol. The lowest BCUT2D eigenvalue weighted by Gasteiger charge is -2.34. The quantitative estimate of drug-likeness (QED) is 0.542. The van der Waals surface area contributed by atoms with Gasteiger partial charge in [0.15, 0.2) is 0 Å². The molecule has 0 saturated carbocycles. The van der Waals surface area contributed by atoms with E-state index >= 15 is 0 Å². The summed E-state index contributed by atoms with van der Waals surface area (Å²) in [5.74, 6) is -0.163. The number of nitrogens with zero attached hydrogens (tertiary/aromatic N) is 2. The molecule has 1 saturated heterocycles. The van der Waals surface area contributed by atoms with Gasteiger partial charge in [-0.05, 0) is 13.0 Å². The second-order valence-electron chi connectivity index (χ2n) is 4.05. The van der Waals surface area contributed by atoms with Crippen molar-refractivity contribution in [3.63, 3.8) is 0 Å². The van der Waals surface area contributed by atoms with E-state index in [1.165, 1.54) is 0 Å². The first-order valence-electron chi connectivity index (χ1n) is 5.52. The van der Waals surface area contributed by atoms with Crippen molar-refractivity contribution in [3.8, 4) is 0 Å². The molecule has 0 unspecified atom stereocenters. The van der Waals surface area contributed by atoms with Gasteiger partial charge >= 0.3 is 0 Å². The fraction of sp³-hybridized carbons (Fsp3) is 1.00. The molecule has 17 heavy (non-hydrogen) atoms. The van der Waals surface area contributed by atoms with E-state index in [-0.39, 0.29) is 17.8 Å². The number of piperazine rings is 1. The number of rotatable bonds is 6. The van der Waals surface area contributed by atoms with E-state index in [1.54, 1.807) is 0 Å². The summed E-state index contributed by atoms with van der Waals surface area (Å²) in [4.78, 5) is 4.36. The second kappa shape index (κ2) is 7.96. The third-order valence-corrected chi connectivity index (χ3v) is 3.56. The van der Waals surface area contributed by atoms with Crippen molar-refractivity contribution in [2.24, 2.45) is 0 Å². The lowest BCUT2D eigenvalue weighted by molar-refractivity contribution is 0.113. The van der Waals surface area contributed by atoms with Gasteiger partial charge in [0.1, 0.15) is 0 Å². The highest BCUT2D eigenvalue weighted by atomic mass is 32.2. The lowest BCUT2D eigenvalue weighted by Crippen LogP contribution is -2.47. The van der Waals surface area contributed by atoms with Gasteiger partial charge in [-0.3, -0.25) is 9.45 Å². The summed E-state index contributed by atoms with van der Waals surface area (Å²) >= 11 is 0. The van der Waals surface area contributed by atoms with Crippen LogP contribution in [-0.4, -0.2) is 85.0 Å². The summed E-state index contributed by atoms with van der Waals surface area (Å²) in [7, 11) is -3.81. The average Bonchev–Trinajstić information content (AvgIpc) is 2.19. The van der Waals surface area contributed by atoms with Crippen LogP contribution in [0.2, 0.25) is 0 Å². The van der Waals surface area contributed by atoms with Crippen LogP contribution in [-0.2, 0) is 10.1 Å². The zero-order valence-electron chi connectivity index (χ0n) is 9.88. The first-order chi connectivity index (χ1) is 7.51. The highest BCUT2D eigenvalue weighted by Gasteiger charge is 2.16. The summed E-state index contributed by atoms with van der Waals surface area (Å²) < 4.78 is 29.6. The van der Waals surface area contributed by atoms with Crippen LogP contribution in [0.25, 0.3) is 0 Å². The topological polar surface area (TPSA) is 113 Å². The Bertz CT molecular complexity index is 288. The molecule has 0 atom stereocenters. The number of aliphatic hydroxyl groups is 1. The molecule has 104 valence electrons. The van der Waals surface area contributed by atoms with Gasteiger partial charge in [0.2, 0.25) is 0 Å². The van der Waals surface area contributed by atoms with Gasteiger partial charge < -0.3 is 15.5 Å². The molecule has 8 heteroatoms. The summed E-state index contributed by atoms with van der Waals surface area (Å²) in [5, 5.41) is 8.77. The Morgan fingerprint density at radius 2 is 1.47 bits per heavy atom. The molecule has 0 aromatic carbocycles. The molecular formula is C9H22N2O5S. The van der Waals surface area contributed by atoms with Crippen LogP contribution < -0.4 is 0 Å². The van der Waals surface area contributed by atoms with E-state index in [0.717, 1.165) is 26.2 Å². The summed E-state index contributed by atoms with van der Waals surface area (Å²) in [6.07, 6.45) is 0.471. The standard InChI is InChI=1S/C9H20N2O4S.H2O/c12-8-7-11-5-3-10(4-6-11)2-1-9-16(13,14)15;/h12H,1-9H2,(H,13,14,15);1H2. The van der Waals surface area contributed by atoms with Gasteiger partial charge in [0.05, 0.1) is 12.4 Å². The van der Waals surface area contributed by atoms with Crippen LogP contribution in [0, 0.1) is 0 Å². The van der Waals surface area contributed by atoms with E-state index in [2.05, 4.69) is 9.80 Å². The van der Waals surface area contributed by atoms with E-state index in [4.69, 9.17) is 9.66 Å². The molecule has 0 spiro atoms. The Balaban J connectivity index is 0.00000256. The molecule has 1 fully saturated rings. The van der Waals surface area contributed by atoms with Crippen LogP contribution >= 0.6 is 0 Å². The average molecular weight is 270 g/mol. The molecule has 0 amide bonds. The maximum Gasteiger partial charge on any atom is 0.264 e. The van der Waals surface area contributed by atoms with Crippen molar-refractivity contribution in [2.75, 3.05) is 51.6 Å². The minimum Gasteiger partial charge on any atom is -0.412 e. The van der Waals surface area contributed by atoms with Crippen LogP contribution in [0.15, 0.2) is 0 Å². The summed E-state index contributed by atoms with van der Waals surface area (Å²) in [6, 6.07) is 0. The van der Waals surface area contributed by atoms with Gasteiger partial charge in [-0.2, -0.15) is 8.42 Å². The Morgan fingerprint density at radius 3 is 1.88 bits per heavy atom. The molecule has 0 bridgehead atoms. The zero-order valence-corrected chi connectivity index (χ0v) is 10.7. The summed E-state index contributed by atoms with van der Waals surface area (Å²) in [6.45, 7) is 5.20. The largest absolute Gasteiger partial charge is 0.412 e. The van der Waals surface area contributed by atoms with Crippen LogP contribution in [0.4, 0.5) is 0 Å². The Morgan fingerprint density at radius 1 is 1.00 bits per heavy atom. The van der Waals surface area contributed by atoms with E-state index in [9.17, 15) is 8.42 Å². The third kappa shape index (κ3) is 7.63. The molecule has 1 aliphatic heterocycles. The third-order valence-electron chi connectivity index (χ3n) is 2.76. The lowest BCUT2D eigenvalue weighted by atomic mass is 10.3. The number of aliphatic hydroxyl groups excluding tert-OH is 1. The van der Waals surface area contributed by atoms with Crippen LogP contribution in [0.5, 0.6) is 0 Å². The van der Waals surface area contributed by atoms with E-state index in [1.807, 2.05) is 0 Å². The van der Waals surface area contributed by atoms with Gasteiger partial charge in [-0.1, -0.05) is 0 Å². The number of hydrogen-bond acceptors (Lipinski definition) is 5. The van der Waals surface area contributed by atoms with Gasteiger partial charge in [0, 0.05) is 32.7 Å². The van der Waals surface area contributed by atoms with E-state index in [0.29, 0.717) is 19.5 Å². The second-order valence-corrected chi connectivity index (χ2v) is 5.62. The first kappa shape index (κ1) is 16.8. The normalized spacial score (nSPS) is 18.9. The van der Waals surface area contributed by atoms with Crippen LogP contribution in [0.3, 0.4) is 0 Å². The molecule has 0 radical (unpaired) electrons. The summed E-state index contributed by atoms with van der Waals surface area (Å²) in [5.41, 5.74) is 0.